The van der Waals surface area contributed by atoms with E-state index in [1.165, 1.54) is 11.8 Å². The Hall–Kier alpha value is -1.87. The number of rotatable bonds is 3. The van der Waals surface area contributed by atoms with Crippen molar-refractivity contribution in [2.45, 2.75) is 47.9 Å². The van der Waals surface area contributed by atoms with Gasteiger partial charge in [0.05, 0.1) is 11.2 Å². The van der Waals surface area contributed by atoms with Gasteiger partial charge in [-0.05, 0) is 30.7 Å². The highest BCUT2D eigenvalue weighted by Gasteiger charge is 2.50. The highest BCUT2D eigenvalue weighted by molar-refractivity contribution is 7.99. The lowest BCUT2D eigenvalue weighted by Gasteiger charge is -2.39. The molecule has 2 aliphatic rings. The highest BCUT2D eigenvalue weighted by atomic mass is 35.5. The Kier molecular flexibility index (Phi) is 4.99. The van der Waals surface area contributed by atoms with E-state index >= 15 is 0 Å². The van der Waals surface area contributed by atoms with Crippen LogP contribution in [-0.4, -0.2) is 34.0 Å². The van der Waals surface area contributed by atoms with Crippen LogP contribution in [-0.2, 0) is 0 Å². The molecule has 2 fully saturated rings. The lowest BCUT2D eigenvalue weighted by atomic mass is 9.77. The van der Waals surface area contributed by atoms with Crippen LogP contribution in [0.5, 0.6) is 0 Å². The molecular weight excluding hydrogens is 406 g/mol. The van der Waals surface area contributed by atoms with Gasteiger partial charge in [-0.1, -0.05) is 23.4 Å². The second kappa shape index (κ2) is 7.18. The molecule has 4 N–H and O–H groups in total. The fourth-order valence-corrected chi connectivity index (χ4v) is 5.06. The zero-order valence-electron chi connectivity index (χ0n) is 15.2. The molecule has 0 radical (unpaired) electrons. The first-order valence-corrected chi connectivity index (χ1v) is 10.3. The summed E-state index contributed by atoms with van der Waals surface area (Å²) in [6, 6.07) is 1.74. The number of anilines is 3. The normalized spacial score (nSPS) is 20.6. The smallest absolute Gasteiger partial charge is 0.248 e. The summed E-state index contributed by atoms with van der Waals surface area (Å²) in [6.45, 7) is 1.37. The van der Waals surface area contributed by atoms with Crippen LogP contribution >= 0.6 is 23.4 Å². The molecule has 1 spiro atoms. The van der Waals surface area contributed by atoms with E-state index in [1.54, 1.807) is 18.5 Å². The molecular formula is C18H21ClF2N6S. The minimum atomic E-state index is -2.51. The minimum Gasteiger partial charge on any atom is -0.382 e. The van der Waals surface area contributed by atoms with Crippen LogP contribution < -0.4 is 16.4 Å². The second-order valence-corrected chi connectivity index (χ2v) is 8.96. The topological polar surface area (TPSA) is 94.0 Å². The number of pyridine rings is 1. The van der Waals surface area contributed by atoms with Crippen LogP contribution in [0.4, 0.5) is 26.2 Å². The van der Waals surface area contributed by atoms with Crippen LogP contribution in [0.1, 0.15) is 32.1 Å². The summed E-state index contributed by atoms with van der Waals surface area (Å²) in [7, 11) is 0. The largest absolute Gasteiger partial charge is 0.382 e. The predicted octanol–water partition coefficient (Wildman–Crippen LogP) is 4.25. The Morgan fingerprint density at radius 2 is 1.82 bits per heavy atom. The van der Waals surface area contributed by atoms with E-state index in [4.69, 9.17) is 23.1 Å². The molecule has 1 saturated carbocycles. The third-order valence-corrected chi connectivity index (χ3v) is 7.22. The SMILES string of the molecule is Nc1nc(N2CCC3(CC2)CCC(F)(F)C3)cnc1Sc1ccnc(N)c1Cl. The Bertz CT molecular complexity index is 888. The molecule has 10 heteroatoms. The molecule has 28 heavy (non-hydrogen) atoms. The van der Waals surface area contributed by atoms with E-state index in [1.807, 2.05) is 0 Å². The minimum absolute atomic E-state index is 0.00700. The van der Waals surface area contributed by atoms with Crippen LogP contribution in [0, 0.1) is 5.41 Å². The van der Waals surface area contributed by atoms with Crippen LogP contribution in [0.3, 0.4) is 0 Å². The van der Waals surface area contributed by atoms with Gasteiger partial charge in [0.2, 0.25) is 5.92 Å². The molecule has 150 valence electrons. The van der Waals surface area contributed by atoms with Gasteiger partial charge in [0.1, 0.15) is 16.7 Å². The average Bonchev–Trinajstić information content (AvgIpc) is 2.95. The number of hydrogen-bond donors (Lipinski definition) is 2. The maximum atomic E-state index is 13.6. The van der Waals surface area contributed by atoms with Crippen molar-refractivity contribution in [3.63, 3.8) is 0 Å². The van der Waals surface area contributed by atoms with Crippen molar-refractivity contribution < 1.29 is 8.78 Å². The molecule has 0 aromatic carbocycles. The van der Waals surface area contributed by atoms with Gasteiger partial charge in [0.25, 0.3) is 0 Å². The van der Waals surface area contributed by atoms with Crippen molar-refractivity contribution >= 4 is 40.8 Å². The molecule has 0 atom stereocenters. The third kappa shape index (κ3) is 3.82. The monoisotopic (exact) mass is 426 g/mol. The van der Waals surface area contributed by atoms with E-state index in [9.17, 15) is 8.78 Å². The number of piperidine rings is 1. The second-order valence-electron chi connectivity index (χ2n) is 7.55. The van der Waals surface area contributed by atoms with Gasteiger partial charge in [-0.2, -0.15) is 0 Å². The van der Waals surface area contributed by atoms with Crippen molar-refractivity contribution in [1.29, 1.82) is 0 Å². The van der Waals surface area contributed by atoms with Crippen molar-refractivity contribution in [2.24, 2.45) is 5.41 Å². The maximum Gasteiger partial charge on any atom is 0.248 e. The summed E-state index contributed by atoms with van der Waals surface area (Å²) in [5.74, 6) is -1.30. The number of alkyl halides is 2. The first-order chi connectivity index (χ1) is 13.3. The number of nitrogens with zero attached hydrogens (tertiary/aromatic N) is 4. The van der Waals surface area contributed by atoms with E-state index in [2.05, 4.69) is 19.9 Å². The summed E-state index contributed by atoms with van der Waals surface area (Å²) in [5, 5.41) is 0.882. The summed E-state index contributed by atoms with van der Waals surface area (Å²) in [5.41, 5.74) is 11.6. The molecule has 1 aliphatic heterocycles. The summed E-state index contributed by atoms with van der Waals surface area (Å²) < 4.78 is 27.3. The van der Waals surface area contributed by atoms with Crippen molar-refractivity contribution in [2.75, 3.05) is 29.5 Å². The lowest BCUT2D eigenvalue weighted by Crippen LogP contribution is -2.40. The Balaban J connectivity index is 1.45. The molecule has 1 aliphatic carbocycles. The zero-order chi connectivity index (χ0) is 19.9. The van der Waals surface area contributed by atoms with Gasteiger partial charge in [-0.15, -0.1) is 0 Å². The zero-order valence-corrected chi connectivity index (χ0v) is 16.7. The number of halogens is 3. The Morgan fingerprint density at radius 3 is 2.46 bits per heavy atom. The average molecular weight is 427 g/mol. The number of nitrogen functional groups attached to an aromatic ring is 2. The summed E-state index contributed by atoms with van der Waals surface area (Å²) in [4.78, 5) is 15.6. The van der Waals surface area contributed by atoms with Crippen molar-refractivity contribution in [1.82, 2.24) is 15.0 Å². The fourth-order valence-electron chi connectivity index (χ4n) is 4.05. The van der Waals surface area contributed by atoms with Crippen LogP contribution in [0.2, 0.25) is 5.02 Å². The van der Waals surface area contributed by atoms with Crippen molar-refractivity contribution in [3.8, 4) is 0 Å². The number of aromatic nitrogens is 3. The number of hydrogen-bond acceptors (Lipinski definition) is 7. The lowest BCUT2D eigenvalue weighted by molar-refractivity contribution is -0.00682. The van der Waals surface area contributed by atoms with Crippen LogP contribution in [0.25, 0.3) is 0 Å². The van der Waals surface area contributed by atoms with Gasteiger partial charge < -0.3 is 16.4 Å². The van der Waals surface area contributed by atoms with Crippen molar-refractivity contribution in [3.05, 3.63) is 23.5 Å². The fraction of sp³-hybridized carbons (Fsp3) is 0.500. The Labute approximate surface area is 171 Å². The molecule has 3 heterocycles. The van der Waals surface area contributed by atoms with Crippen LogP contribution in [0.15, 0.2) is 28.4 Å². The molecule has 6 nitrogen and oxygen atoms in total. The van der Waals surface area contributed by atoms with Gasteiger partial charge >= 0.3 is 0 Å². The van der Waals surface area contributed by atoms with E-state index in [-0.39, 0.29) is 24.1 Å². The van der Waals surface area contributed by atoms with Gasteiger partial charge in [0, 0.05) is 37.0 Å². The molecule has 2 aromatic rings. The standard InChI is InChI=1S/C18H21ClF2N6S/c19-13-11(1-6-24-14(13)22)28-16-15(23)26-12(9-25-16)27-7-4-17(5-8-27)2-3-18(20,21)10-17/h1,6,9H,2-5,7-8,10H2,(H2,22,24)(H2,23,26). The summed E-state index contributed by atoms with van der Waals surface area (Å²) in [6.07, 6.45) is 5.34. The molecule has 0 amide bonds. The molecule has 0 unspecified atom stereocenters. The molecule has 2 aromatic heterocycles. The quantitative estimate of drug-likeness (QED) is 0.757. The van der Waals surface area contributed by atoms with E-state index in [0.29, 0.717) is 46.1 Å². The number of nitrogens with two attached hydrogens (primary N) is 2. The molecule has 4 rings (SSSR count). The van der Waals surface area contributed by atoms with Gasteiger partial charge in [0.15, 0.2) is 5.82 Å². The van der Waals surface area contributed by atoms with E-state index in [0.717, 1.165) is 12.8 Å². The summed E-state index contributed by atoms with van der Waals surface area (Å²) >= 11 is 7.44. The first kappa shape index (κ1) is 19.4. The maximum absolute atomic E-state index is 13.6. The van der Waals surface area contributed by atoms with Gasteiger partial charge in [-0.3, -0.25) is 0 Å². The first-order valence-electron chi connectivity index (χ1n) is 9.10. The third-order valence-electron chi connectivity index (χ3n) is 5.64. The predicted molar refractivity (Wildman–Crippen MR) is 107 cm³/mol. The van der Waals surface area contributed by atoms with E-state index < -0.39 is 5.92 Å². The Morgan fingerprint density at radius 1 is 1.07 bits per heavy atom. The molecule has 1 saturated heterocycles. The van der Waals surface area contributed by atoms with Gasteiger partial charge in [-0.25, -0.2) is 23.7 Å². The molecule has 0 bridgehead atoms. The highest BCUT2D eigenvalue weighted by Crippen LogP contribution is 2.53.